The zero-order valence-corrected chi connectivity index (χ0v) is 10.4. The lowest BCUT2D eigenvalue weighted by molar-refractivity contribution is 0.102. The number of anilines is 3. The van der Waals surface area contributed by atoms with Crippen LogP contribution < -0.4 is 16.8 Å². The molecule has 2 aromatic rings. The number of rotatable bonds is 2. The zero-order valence-electron chi connectivity index (χ0n) is 10.4. The number of aryl methyl sites for hydroxylation is 1. The quantitative estimate of drug-likeness (QED) is 0.725. The molecule has 0 aliphatic carbocycles. The van der Waals surface area contributed by atoms with Gasteiger partial charge >= 0.3 is 0 Å². The minimum atomic E-state index is -0.484. The maximum Gasteiger partial charge on any atom is 0.257 e. The number of nitrogens with one attached hydrogen (secondary N) is 1. The van der Waals surface area contributed by atoms with Crippen LogP contribution in [0.3, 0.4) is 0 Å². The number of hydrogen-bond acceptors (Lipinski definition) is 3. The Morgan fingerprint density at radius 2 is 1.95 bits per heavy atom. The van der Waals surface area contributed by atoms with E-state index in [-0.39, 0.29) is 16.9 Å². The van der Waals surface area contributed by atoms with Crippen molar-refractivity contribution in [3.05, 3.63) is 53.3 Å². The smallest absolute Gasteiger partial charge is 0.257 e. The van der Waals surface area contributed by atoms with Gasteiger partial charge in [-0.25, -0.2) is 4.39 Å². The Morgan fingerprint density at radius 3 is 2.58 bits per heavy atom. The third kappa shape index (κ3) is 2.65. The highest BCUT2D eigenvalue weighted by Gasteiger charge is 2.13. The van der Waals surface area contributed by atoms with E-state index in [1.165, 1.54) is 18.2 Å². The van der Waals surface area contributed by atoms with E-state index in [9.17, 15) is 9.18 Å². The third-order valence-electron chi connectivity index (χ3n) is 2.78. The number of halogens is 1. The number of carbonyl (C=O) groups is 1. The molecule has 0 aliphatic heterocycles. The van der Waals surface area contributed by atoms with Crippen LogP contribution in [-0.2, 0) is 0 Å². The third-order valence-corrected chi connectivity index (χ3v) is 2.78. The number of para-hydroxylation sites is 1. The molecular weight excluding hydrogens is 245 g/mol. The number of amides is 1. The van der Waals surface area contributed by atoms with Crippen LogP contribution in [-0.4, -0.2) is 5.91 Å². The molecule has 0 aromatic heterocycles. The average Bonchev–Trinajstić information content (AvgIpc) is 2.33. The maximum absolute atomic E-state index is 13.6. The summed E-state index contributed by atoms with van der Waals surface area (Å²) in [4.78, 5) is 12.1. The van der Waals surface area contributed by atoms with Gasteiger partial charge in [-0.2, -0.15) is 0 Å². The summed E-state index contributed by atoms with van der Waals surface area (Å²) in [6, 6.07) is 9.15. The van der Waals surface area contributed by atoms with Crippen LogP contribution in [0, 0.1) is 12.7 Å². The van der Waals surface area contributed by atoms with Gasteiger partial charge in [-0.05, 0) is 36.8 Å². The highest BCUT2D eigenvalue weighted by atomic mass is 19.1. The fourth-order valence-electron chi connectivity index (χ4n) is 1.76. The highest BCUT2D eigenvalue weighted by Crippen LogP contribution is 2.22. The summed E-state index contributed by atoms with van der Waals surface area (Å²) in [5.74, 6) is -0.951. The maximum atomic E-state index is 13.6. The first kappa shape index (κ1) is 12.9. The van der Waals surface area contributed by atoms with Gasteiger partial charge in [0.15, 0.2) is 0 Å². The van der Waals surface area contributed by atoms with Crippen LogP contribution in [0.1, 0.15) is 15.9 Å². The first-order valence-electron chi connectivity index (χ1n) is 5.70. The van der Waals surface area contributed by atoms with Crippen molar-refractivity contribution in [3.8, 4) is 0 Å². The summed E-state index contributed by atoms with van der Waals surface area (Å²) >= 11 is 0. The van der Waals surface area contributed by atoms with Crippen LogP contribution >= 0.6 is 0 Å². The Balaban J connectivity index is 2.31. The van der Waals surface area contributed by atoms with E-state index in [2.05, 4.69) is 5.32 Å². The standard InChI is InChI=1S/C14H14FN3O/c1-8-3-2-4-11(15)13(8)18-14(19)10-6-5-9(16)7-12(10)17/h2-7H,16-17H2,1H3,(H,18,19). The normalized spacial score (nSPS) is 10.2. The number of carbonyl (C=O) groups excluding carboxylic acids is 1. The minimum Gasteiger partial charge on any atom is -0.399 e. The highest BCUT2D eigenvalue weighted by molar-refractivity contribution is 6.08. The van der Waals surface area contributed by atoms with E-state index < -0.39 is 11.7 Å². The monoisotopic (exact) mass is 259 g/mol. The first-order valence-corrected chi connectivity index (χ1v) is 5.70. The summed E-state index contributed by atoms with van der Waals surface area (Å²) in [6.07, 6.45) is 0. The van der Waals surface area contributed by atoms with Crippen molar-refractivity contribution in [2.75, 3.05) is 16.8 Å². The van der Waals surface area contributed by atoms with E-state index in [4.69, 9.17) is 11.5 Å². The van der Waals surface area contributed by atoms with Gasteiger partial charge in [0.1, 0.15) is 5.82 Å². The molecule has 0 unspecified atom stereocenters. The molecule has 0 fully saturated rings. The first-order chi connectivity index (χ1) is 8.99. The van der Waals surface area contributed by atoms with Gasteiger partial charge in [-0.1, -0.05) is 12.1 Å². The van der Waals surface area contributed by atoms with Crippen molar-refractivity contribution in [2.45, 2.75) is 6.92 Å². The fourth-order valence-corrected chi connectivity index (χ4v) is 1.76. The van der Waals surface area contributed by atoms with Crippen LogP contribution in [0.4, 0.5) is 21.5 Å². The molecule has 98 valence electrons. The molecule has 0 saturated carbocycles. The molecule has 5 N–H and O–H groups in total. The zero-order chi connectivity index (χ0) is 14.0. The second kappa shape index (κ2) is 4.97. The van der Waals surface area contributed by atoms with E-state index in [0.29, 0.717) is 11.3 Å². The SMILES string of the molecule is Cc1cccc(F)c1NC(=O)c1ccc(N)cc1N. The van der Waals surface area contributed by atoms with Crippen molar-refractivity contribution >= 4 is 23.0 Å². The van der Waals surface area contributed by atoms with Gasteiger partial charge in [0.05, 0.1) is 11.3 Å². The summed E-state index contributed by atoms with van der Waals surface area (Å²) in [6.45, 7) is 1.71. The second-order valence-corrected chi connectivity index (χ2v) is 4.23. The summed E-state index contributed by atoms with van der Waals surface area (Å²) in [5.41, 5.74) is 13.1. The Kier molecular flexibility index (Phi) is 3.37. The molecule has 0 bridgehead atoms. The number of hydrogen-bond donors (Lipinski definition) is 3. The van der Waals surface area contributed by atoms with E-state index >= 15 is 0 Å². The lowest BCUT2D eigenvalue weighted by atomic mass is 10.1. The number of benzene rings is 2. The molecule has 0 spiro atoms. The molecule has 19 heavy (non-hydrogen) atoms. The number of nitrogen functional groups attached to an aromatic ring is 2. The minimum absolute atomic E-state index is 0.156. The molecule has 0 atom stereocenters. The molecule has 5 heteroatoms. The molecule has 1 amide bonds. The van der Waals surface area contributed by atoms with E-state index in [1.54, 1.807) is 25.1 Å². The summed E-state index contributed by atoms with van der Waals surface area (Å²) < 4.78 is 13.6. The largest absolute Gasteiger partial charge is 0.399 e. The van der Waals surface area contributed by atoms with E-state index in [0.717, 1.165) is 0 Å². The topological polar surface area (TPSA) is 81.1 Å². The van der Waals surface area contributed by atoms with Crippen LogP contribution in [0.25, 0.3) is 0 Å². The van der Waals surface area contributed by atoms with Crippen molar-refractivity contribution in [3.63, 3.8) is 0 Å². The van der Waals surface area contributed by atoms with Crippen LogP contribution in [0.2, 0.25) is 0 Å². The van der Waals surface area contributed by atoms with Crippen molar-refractivity contribution in [2.24, 2.45) is 0 Å². The average molecular weight is 259 g/mol. The fraction of sp³-hybridized carbons (Fsp3) is 0.0714. The van der Waals surface area contributed by atoms with Gasteiger partial charge in [0.2, 0.25) is 0 Å². The predicted octanol–water partition coefficient (Wildman–Crippen LogP) is 2.55. The van der Waals surface area contributed by atoms with Crippen molar-refractivity contribution in [1.29, 1.82) is 0 Å². The van der Waals surface area contributed by atoms with Gasteiger partial charge in [0, 0.05) is 11.4 Å². The van der Waals surface area contributed by atoms with Gasteiger partial charge < -0.3 is 16.8 Å². The molecule has 4 nitrogen and oxygen atoms in total. The Morgan fingerprint density at radius 1 is 1.21 bits per heavy atom. The molecule has 0 saturated heterocycles. The summed E-state index contributed by atoms with van der Waals surface area (Å²) in [7, 11) is 0. The lowest BCUT2D eigenvalue weighted by Gasteiger charge is -2.11. The van der Waals surface area contributed by atoms with Crippen molar-refractivity contribution < 1.29 is 9.18 Å². The summed E-state index contributed by atoms with van der Waals surface area (Å²) in [5, 5.41) is 2.52. The van der Waals surface area contributed by atoms with E-state index in [1.807, 2.05) is 0 Å². The molecule has 0 heterocycles. The number of nitrogens with two attached hydrogens (primary N) is 2. The van der Waals surface area contributed by atoms with Crippen LogP contribution in [0.15, 0.2) is 36.4 Å². The molecule has 2 aromatic carbocycles. The second-order valence-electron chi connectivity index (χ2n) is 4.23. The molecule has 2 rings (SSSR count). The Labute approximate surface area is 110 Å². The van der Waals surface area contributed by atoms with Crippen molar-refractivity contribution in [1.82, 2.24) is 0 Å². The molecular formula is C14H14FN3O. The van der Waals surface area contributed by atoms with Gasteiger partial charge in [-0.3, -0.25) is 4.79 Å². The van der Waals surface area contributed by atoms with Gasteiger partial charge in [0.25, 0.3) is 5.91 Å². The Bertz CT molecular complexity index is 620. The molecule has 0 aliphatic rings. The Hall–Kier alpha value is -2.56. The van der Waals surface area contributed by atoms with Gasteiger partial charge in [-0.15, -0.1) is 0 Å². The molecule has 0 radical (unpaired) electrons. The predicted molar refractivity (Wildman–Crippen MR) is 74.4 cm³/mol. The van der Waals surface area contributed by atoms with Crippen LogP contribution in [0.5, 0.6) is 0 Å². The lowest BCUT2D eigenvalue weighted by Crippen LogP contribution is -2.16.